The quantitative estimate of drug-likeness (QED) is 0.746. The number of anilines is 1. The molecular weight excluding hydrogens is 254 g/mol. The summed E-state index contributed by atoms with van der Waals surface area (Å²) in [6, 6.07) is 7.15. The first kappa shape index (κ1) is 16.0. The van der Waals surface area contributed by atoms with E-state index in [-0.39, 0.29) is 18.4 Å². The van der Waals surface area contributed by atoms with Crippen LogP contribution in [0, 0.1) is 0 Å². The van der Waals surface area contributed by atoms with Crippen molar-refractivity contribution in [3.8, 4) is 0 Å². The number of nitrogens with zero attached hydrogens (tertiary/aromatic N) is 1. The van der Waals surface area contributed by atoms with Crippen LogP contribution in [0.1, 0.15) is 30.1 Å². The van der Waals surface area contributed by atoms with E-state index in [0.717, 1.165) is 18.5 Å². The summed E-state index contributed by atoms with van der Waals surface area (Å²) in [5.41, 5.74) is 1.37. The average molecular weight is 277 g/mol. The summed E-state index contributed by atoms with van der Waals surface area (Å²) in [7, 11) is 3.42. The molecule has 0 unspecified atom stereocenters. The number of nitrogens with one attached hydrogen (secondary N) is 2. The Kier molecular flexibility index (Phi) is 6.56. The molecule has 0 aliphatic rings. The Hall–Kier alpha value is -2.04. The van der Waals surface area contributed by atoms with Gasteiger partial charge in [0.1, 0.15) is 0 Å². The summed E-state index contributed by atoms with van der Waals surface area (Å²) in [5.74, 6) is -0.0937. The molecule has 1 rings (SSSR count). The van der Waals surface area contributed by atoms with E-state index in [1.807, 2.05) is 6.07 Å². The van der Waals surface area contributed by atoms with Gasteiger partial charge in [-0.05, 0) is 24.6 Å². The number of unbranched alkanes of at least 4 members (excludes halogenated alkanes) is 1. The molecule has 2 N–H and O–H groups in total. The Bertz CT molecular complexity index is 458. The molecule has 0 heterocycles. The van der Waals surface area contributed by atoms with Crippen molar-refractivity contribution in [1.29, 1.82) is 0 Å². The summed E-state index contributed by atoms with van der Waals surface area (Å²) in [6.45, 7) is 3.00. The molecule has 0 saturated carbocycles. The molecule has 20 heavy (non-hydrogen) atoms. The van der Waals surface area contributed by atoms with Crippen molar-refractivity contribution in [2.45, 2.75) is 19.8 Å². The van der Waals surface area contributed by atoms with Gasteiger partial charge in [0.15, 0.2) is 0 Å². The van der Waals surface area contributed by atoms with Gasteiger partial charge in [-0.2, -0.15) is 0 Å². The molecule has 0 fully saturated rings. The van der Waals surface area contributed by atoms with Gasteiger partial charge in [-0.3, -0.25) is 9.59 Å². The fraction of sp³-hybridized carbons (Fsp3) is 0.467. The minimum Gasteiger partial charge on any atom is -0.376 e. The number of rotatable bonds is 7. The minimum absolute atomic E-state index is 0.0391. The Balaban J connectivity index is 2.50. The van der Waals surface area contributed by atoms with Crippen molar-refractivity contribution in [3.63, 3.8) is 0 Å². The predicted octanol–water partition coefficient (Wildman–Crippen LogP) is 1.72. The average Bonchev–Trinajstić information content (AvgIpc) is 2.45. The summed E-state index contributed by atoms with van der Waals surface area (Å²) >= 11 is 0. The van der Waals surface area contributed by atoms with Crippen LogP contribution in [0.25, 0.3) is 0 Å². The van der Waals surface area contributed by atoms with Crippen LogP contribution < -0.4 is 10.6 Å². The lowest BCUT2D eigenvalue weighted by molar-refractivity contribution is -0.119. The van der Waals surface area contributed by atoms with Gasteiger partial charge < -0.3 is 15.5 Å². The molecule has 0 aliphatic carbocycles. The second-order valence-electron chi connectivity index (χ2n) is 4.84. The third-order valence-corrected chi connectivity index (χ3v) is 2.82. The van der Waals surface area contributed by atoms with Crippen molar-refractivity contribution >= 4 is 17.5 Å². The summed E-state index contributed by atoms with van der Waals surface area (Å²) in [6.07, 6.45) is 2.04. The zero-order valence-electron chi connectivity index (χ0n) is 12.4. The highest BCUT2D eigenvalue weighted by atomic mass is 16.2. The molecule has 0 bridgehead atoms. The Morgan fingerprint density at radius 1 is 1.25 bits per heavy atom. The van der Waals surface area contributed by atoms with Crippen molar-refractivity contribution in [3.05, 3.63) is 29.8 Å². The van der Waals surface area contributed by atoms with Crippen LogP contribution in [0.15, 0.2) is 24.3 Å². The van der Waals surface area contributed by atoms with Crippen LogP contribution in [-0.4, -0.2) is 43.9 Å². The summed E-state index contributed by atoms with van der Waals surface area (Å²) < 4.78 is 0. The molecule has 0 spiro atoms. The third-order valence-electron chi connectivity index (χ3n) is 2.82. The number of amides is 2. The molecule has 0 aliphatic heterocycles. The van der Waals surface area contributed by atoms with E-state index in [1.165, 1.54) is 4.90 Å². The largest absolute Gasteiger partial charge is 0.376 e. The van der Waals surface area contributed by atoms with Crippen LogP contribution in [0.3, 0.4) is 0 Å². The second-order valence-corrected chi connectivity index (χ2v) is 4.84. The van der Waals surface area contributed by atoms with Gasteiger partial charge >= 0.3 is 0 Å². The van der Waals surface area contributed by atoms with Crippen LogP contribution in [0.2, 0.25) is 0 Å². The lowest BCUT2D eigenvalue weighted by atomic mass is 10.2. The van der Waals surface area contributed by atoms with E-state index >= 15 is 0 Å². The van der Waals surface area contributed by atoms with Gasteiger partial charge in [0.05, 0.1) is 6.54 Å². The summed E-state index contributed by atoms with van der Waals surface area (Å²) in [4.78, 5) is 24.9. The molecule has 5 heteroatoms. The Morgan fingerprint density at radius 2 is 2.00 bits per heavy atom. The van der Waals surface area contributed by atoms with E-state index in [9.17, 15) is 9.59 Å². The van der Waals surface area contributed by atoms with Gasteiger partial charge in [0.2, 0.25) is 5.91 Å². The molecule has 1 aromatic rings. The highest BCUT2D eigenvalue weighted by Gasteiger charge is 2.08. The lowest BCUT2D eigenvalue weighted by Crippen LogP contribution is -2.30. The molecule has 5 nitrogen and oxygen atoms in total. The molecule has 2 amide bonds. The molecule has 1 aromatic carbocycles. The van der Waals surface area contributed by atoms with E-state index in [1.54, 1.807) is 32.3 Å². The molecule has 0 aromatic heterocycles. The fourth-order valence-corrected chi connectivity index (χ4v) is 1.67. The smallest absolute Gasteiger partial charge is 0.253 e. The maximum Gasteiger partial charge on any atom is 0.253 e. The zero-order chi connectivity index (χ0) is 15.0. The zero-order valence-corrected chi connectivity index (χ0v) is 12.4. The van der Waals surface area contributed by atoms with Gasteiger partial charge in [0, 0.05) is 31.9 Å². The van der Waals surface area contributed by atoms with Gasteiger partial charge in [-0.1, -0.05) is 19.4 Å². The normalized spacial score (nSPS) is 9.95. The van der Waals surface area contributed by atoms with Crippen molar-refractivity contribution in [1.82, 2.24) is 10.2 Å². The monoisotopic (exact) mass is 277 g/mol. The lowest BCUT2D eigenvalue weighted by Gasteiger charge is -2.12. The van der Waals surface area contributed by atoms with Crippen molar-refractivity contribution < 1.29 is 9.59 Å². The standard InChI is InChI=1S/C15H23N3O2/c1-4-5-9-16-14(19)11-17-13-8-6-7-12(10-13)15(20)18(2)3/h6-8,10,17H,4-5,9,11H2,1-3H3,(H,16,19). The highest BCUT2D eigenvalue weighted by Crippen LogP contribution is 2.11. The molecule has 0 radical (unpaired) electrons. The van der Waals surface area contributed by atoms with Crippen LogP contribution >= 0.6 is 0 Å². The summed E-state index contributed by atoms with van der Waals surface area (Å²) in [5, 5.41) is 5.86. The fourth-order valence-electron chi connectivity index (χ4n) is 1.67. The number of hydrogen-bond acceptors (Lipinski definition) is 3. The van der Waals surface area contributed by atoms with Gasteiger partial charge in [0.25, 0.3) is 5.91 Å². The van der Waals surface area contributed by atoms with Crippen molar-refractivity contribution in [2.24, 2.45) is 0 Å². The Morgan fingerprint density at radius 3 is 2.65 bits per heavy atom. The first-order valence-electron chi connectivity index (χ1n) is 6.87. The Labute approximate surface area is 120 Å². The third kappa shape index (κ3) is 5.30. The molecule has 110 valence electrons. The van der Waals surface area contributed by atoms with E-state index in [2.05, 4.69) is 17.6 Å². The van der Waals surface area contributed by atoms with Gasteiger partial charge in [-0.15, -0.1) is 0 Å². The maximum atomic E-state index is 11.8. The topological polar surface area (TPSA) is 61.4 Å². The molecule has 0 saturated heterocycles. The minimum atomic E-state index is -0.0546. The second kappa shape index (κ2) is 8.19. The first-order valence-corrected chi connectivity index (χ1v) is 6.87. The van der Waals surface area contributed by atoms with E-state index in [4.69, 9.17) is 0 Å². The van der Waals surface area contributed by atoms with E-state index in [0.29, 0.717) is 12.1 Å². The molecule has 0 atom stereocenters. The van der Waals surface area contributed by atoms with Crippen LogP contribution in [0.5, 0.6) is 0 Å². The number of benzene rings is 1. The van der Waals surface area contributed by atoms with Gasteiger partial charge in [-0.25, -0.2) is 0 Å². The maximum absolute atomic E-state index is 11.8. The van der Waals surface area contributed by atoms with Crippen LogP contribution in [0.4, 0.5) is 5.69 Å². The number of hydrogen-bond donors (Lipinski definition) is 2. The SMILES string of the molecule is CCCCNC(=O)CNc1cccc(C(=O)N(C)C)c1. The predicted molar refractivity (Wildman–Crippen MR) is 80.9 cm³/mol. The number of carbonyl (C=O) groups excluding carboxylic acids is 2. The van der Waals surface area contributed by atoms with E-state index < -0.39 is 0 Å². The first-order chi connectivity index (χ1) is 9.54. The highest BCUT2D eigenvalue weighted by molar-refractivity contribution is 5.94. The molecular formula is C15H23N3O2. The van der Waals surface area contributed by atoms with Crippen molar-refractivity contribution in [2.75, 3.05) is 32.5 Å². The van der Waals surface area contributed by atoms with Crippen LogP contribution in [-0.2, 0) is 4.79 Å². The number of carbonyl (C=O) groups is 2.